The molecule has 3 saturated carbocycles. The second kappa shape index (κ2) is 3.48. The smallest absolute Gasteiger partial charge is 0.0129 e. The fraction of sp³-hybridized carbons (Fsp3) is 1.00. The van der Waals surface area contributed by atoms with Gasteiger partial charge < -0.3 is 5.32 Å². The predicted molar refractivity (Wildman–Crippen MR) is 68.4 cm³/mol. The predicted octanol–water partition coefficient (Wildman–Crippen LogP) is 3.59. The maximum Gasteiger partial charge on any atom is 0.0129 e. The van der Waals surface area contributed by atoms with Crippen molar-refractivity contribution in [3.8, 4) is 0 Å². The normalized spacial score (nSPS) is 45.2. The van der Waals surface area contributed by atoms with E-state index in [2.05, 4.69) is 26.1 Å². The zero-order valence-corrected chi connectivity index (χ0v) is 11.2. The van der Waals surface area contributed by atoms with Gasteiger partial charge in [0.15, 0.2) is 0 Å². The van der Waals surface area contributed by atoms with Crippen molar-refractivity contribution < 1.29 is 0 Å². The van der Waals surface area contributed by atoms with Gasteiger partial charge in [0.2, 0.25) is 0 Å². The number of hydrogen-bond donors (Lipinski definition) is 1. The summed E-state index contributed by atoms with van der Waals surface area (Å²) in [6.07, 6.45) is 8.79. The van der Waals surface area contributed by atoms with Gasteiger partial charge in [0.1, 0.15) is 0 Å². The van der Waals surface area contributed by atoms with Gasteiger partial charge in [-0.05, 0) is 54.9 Å². The first-order chi connectivity index (χ1) is 7.54. The largest absolute Gasteiger partial charge is 0.313 e. The average molecular weight is 221 g/mol. The summed E-state index contributed by atoms with van der Waals surface area (Å²) in [6, 6.07) is 0.806. The van der Waals surface area contributed by atoms with E-state index in [-0.39, 0.29) is 0 Å². The van der Waals surface area contributed by atoms with Crippen molar-refractivity contribution in [2.75, 3.05) is 6.54 Å². The molecule has 0 spiro atoms. The minimum absolute atomic E-state index is 0.571. The van der Waals surface area contributed by atoms with E-state index in [1.807, 2.05) is 0 Å². The number of fused-ring (bicyclic) bond motifs is 2. The Morgan fingerprint density at radius 3 is 2.38 bits per heavy atom. The van der Waals surface area contributed by atoms with E-state index in [9.17, 15) is 0 Å². The van der Waals surface area contributed by atoms with Crippen LogP contribution in [-0.4, -0.2) is 12.6 Å². The molecule has 0 radical (unpaired) electrons. The van der Waals surface area contributed by atoms with Crippen LogP contribution in [0.4, 0.5) is 0 Å². The van der Waals surface area contributed by atoms with Crippen LogP contribution in [0.5, 0.6) is 0 Å². The molecule has 2 bridgehead atoms. The molecule has 3 aliphatic carbocycles. The Morgan fingerprint density at radius 2 is 1.88 bits per heavy atom. The van der Waals surface area contributed by atoms with E-state index in [4.69, 9.17) is 0 Å². The van der Waals surface area contributed by atoms with E-state index >= 15 is 0 Å². The van der Waals surface area contributed by atoms with E-state index in [0.717, 1.165) is 17.9 Å². The topological polar surface area (TPSA) is 12.0 Å². The molecule has 0 aromatic rings. The van der Waals surface area contributed by atoms with Crippen molar-refractivity contribution in [1.29, 1.82) is 0 Å². The van der Waals surface area contributed by atoms with Gasteiger partial charge in [-0.1, -0.05) is 33.6 Å². The monoisotopic (exact) mass is 221 g/mol. The summed E-state index contributed by atoms with van der Waals surface area (Å²) in [7, 11) is 0. The third-order valence-corrected chi connectivity index (χ3v) is 6.43. The average Bonchev–Trinajstić information content (AvgIpc) is 2.98. The SMILES string of the molecule is CC1(C)C2CCC1(C)C(NCCC1CC1)C2. The van der Waals surface area contributed by atoms with Gasteiger partial charge in [-0.25, -0.2) is 0 Å². The van der Waals surface area contributed by atoms with Crippen LogP contribution in [0.2, 0.25) is 0 Å². The molecule has 16 heavy (non-hydrogen) atoms. The van der Waals surface area contributed by atoms with Crippen molar-refractivity contribution in [2.45, 2.75) is 65.3 Å². The highest BCUT2D eigenvalue weighted by Crippen LogP contribution is 2.65. The summed E-state index contributed by atoms with van der Waals surface area (Å²) in [4.78, 5) is 0. The minimum atomic E-state index is 0.571. The number of rotatable bonds is 4. The zero-order chi connectivity index (χ0) is 11.4. The van der Waals surface area contributed by atoms with Crippen molar-refractivity contribution in [1.82, 2.24) is 5.32 Å². The van der Waals surface area contributed by atoms with Crippen molar-refractivity contribution in [2.24, 2.45) is 22.7 Å². The lowest BCUT2D eigenvalue weighted by molar-refractivity contribution is 0.121. The van der Waals surface area contributed by atoms with Gasteiger partial charge >= 0.3 is 0 Å². The highest BCUT2D eigenvalue weighted by Gasteiger charge is 2.60. The first-order valence-electron chi connectivity index (χ1n) is 7.27. The molecule has 3 aliphatic rings. The van der Waals surface area contributed by atoms with E-state index in [1.54, 1.807) is 0 Å². The molecule has 3 fully saturated rings. The molecule has 1 nitrogen and oxygen atoms in total. The maximum atomic E-state index is 3.88. The fourth-order valence-electron chi connectivity index (χ4n) is 4.38. The lowest BCUT2D eigenvalue weighted by atomic mass is 9.69. The molecule has 0 saturated heterocycles. The lowest BCUT2D eigenvalue weighted by Crippen LogP contribution is -2.44. The molecule has 0 aliphatic heterocycles. The molecule has 3 rings (SSSR count). The fourth-order valence-corrected chi connectivity index (χ4v) is 4.38. The first-order valence-corrected chi connectivity index (χ1v) is 7.27. The van der Waals surface area contributed by atoms with Gasteiger partial charge in [-0.3, -0.25) is 0 Å². The van der Waals surface area contributed by atoms with Gasteiger partial charge in [-0.15, -0.1) is 0 Å². The van der Waals surface area contributed by atoms with Crippen LogP contribution in [-0.2, 0) is 0 Å². The van der Waals surface area contributed by atoms with Crippen molar-refractivity contribution in [3.05, 3.63) is 0 Å². The minimum Gasteiger partial charge on any atom is -0.313 e. The second-order valence-electron chi connectivity index (χ2n) is 7.35. The summed E-state index contributed by atoms with van der Waals surface area (Å²) < 4.78 is 0. The molecular weight excluding hydrogens is 194 g/mol. The number of hydrogen-bond acceptors (Lipinski definition) is 1. The van der Waals surface area contributed by atoms with Crippen LogP contribution in [0.25, 0.3) is 0 Å². The summed E-state index contributed by atoms with van der Waals surface area (Å²) in [5.74, 6) is 2.06. The molecule has 3 unspecified atom stereocenters. The van der Waals surface area contributed by atoms with E-state index in [1.165, 1.54) is 45.1 Å². The summed E-state index contributed by atoms with van der Waals surface area (Å²) in [6.45, 7) is 8.82. The quantitative estimate of drug-likeness (QED) is 0.765. The van der Waals surface area contributed by atoms with E-state index in [0.29, 0.717) is 10.8 Å². The molecule has 0 heterocycles. The Hall–Kier alpha value is -0.0400. The number of nitrogens with one attached hydrogen (secondary N) is 1. The third kappa shape index (κ3) is 1.47. The Morgan fingerprint density at radius 1 is 1.12 bits per heavy atom. The molecule has 0 amide bonds. The molecule has 3 atom stereocenters. The van der Waals surface area contributed by atoms with Gasteiger partial charge in [0.05, 0.1) is 0 Å². The van der Waals surface area contributed by atoms with Crippen LogP contribution in [0.1, 0.15) is 59.3 Å². The molecule has 1 heteroatoms. The molecule has 0 aromatic heterocycles. The molecule has 0 aromatic carbocycles. The molecule has 92 valence electrons. The van der Waals surface area contributed by atoms with Crippen LogP contribution in [0, 0.1) is 22.7 Å². The highest BCUT2D eigenvalue weighted by atomic mass is 15.0. The van der Waals surface area contributed by atoms with Crippen LogP contribution >= 0.6 is 0 Å². The van der Waals surface area contributed by atoms with Crippen molar-refractivity contribution in [3.63, 3.8) is 0 Å². The maximum absolute atomic E-state index is 3.88. The Kier molecular flexibility index (Phi) is 2.41. The highest BCUT2D eigenvalue weighted by molar-refractivity contribution is 5.12. The zero-order valence-electron chi connectivity index (χ0n) is 11.2. The van der Waals surface area contributed by atoms with Gasteiger partial charge in [0, 0.05) is 6.04 Å². The van der Waals surface area contributed by atoms with E-state index < -0.39 is 0 Å². The third-order valence-electron chi connectivity index (χ3n) is 6.43. The molecule has 1 N–H and O–H groups in total. The summed E-state index contributed by atoms with van der Waals surface area (Å²) >= 11 is 0. The molecular formula is C15H27N. The summed E-state index contributed by atoms with van der Waals surface area (Å²) in [5.41, 5.74) is 1.14. The lowest BCUT2D eigenvalue weighted by Gasteiger charge is -2.39. The Labute approximate surface area is 100 Å². The van der Waals surface area contributed by atoms with Crippen molar-refractivity contribution >= 4 is 0 Å². The van der Waals surface area contributed by atoms with Gasteiger partial charge in [0.25, 0.3) is 0 Å². The van der Waals surface area contributed by atoms with Crippen LogP contribution < -0.4 is 5.32 Å². The van der Waals surface area contributed by atoms with Crippen LogP contribution in [0.3, 0.4) is 0 Å². The second-order valence-corrected chi connectivity index (χ2v) is 7.35. The standard InChI is InChI=1S/C15H27N/c1-14(2)12-6-8-15(14,3)13(10-12)16-9-7-11-4-5-11/h11-13,16H,4-10H2,1-3H3. The van der Waals surface area contributed by atoms with Crippen LogP contribution in [0.15, 0.2) is 0 Å². The Bertz CT molecular complexity index is 279. The summed E-state index contributed by atoms with van der Waals surface area (Å²) in [5, 5.41) is 3.88. The van der Waals surface area contributed by atoms with Gasteiger partial charge in [-0.2, -0.15) is 0 Å². The first kappa shape index (κ1) is 11.1. The Balaban J connectivity index is 1.60.